The summed E-state index contributed by atoms with van der Waals surface area (Å²) in [6.45, 7) is 7.95. The molecule has 0 saturated heterocycles. The Morgan fingerprint density at radius 3 is 2.32 bits per heavy atom. The van der Waals surface area contributed by atoms with E-state index in [0.29, 0.717) is 34.6 Å². The molecule has 0 radical (unpaired) electrons. The van der Waals surface area contributed by atoms with Gasteiger partial charge in [-0.1, -0.05) is 24.3 Å². The summed E-state index contributed by atoms with van der Waals surface area (Å²) in [5.41, 5.74) is 4.27. The van der Waals surface area contributed by atoms with Gasteiger partial charge in [0, 0.05) is 17.1 Å². The molecule has 0 fully saturated rings. The largest absolute Gasteiger partial charge is 0.508 e. The number of ketones is 2. The van der Waals surface area contributed by atoms with Crippen molar-refractivity contribution in [2.75, 3.05) is 27.4 Å². The van der Waals surface area contributed by atoms with Crippen molar-refractivity contribution in [2.24, 2.45) is 5.92 Å². The van der Waals surface area contributed by atoms with Gasteiger partial charge in [-0.25, -0.2) is 0 Å². The molecule has 4 rings (SSSR count). The summed E-state index contributed by atoms with van der Waals surface area (Å²) in [7, 11) is 2.88. The predicted octanol–water partition coefficient (Wildman–Crippen LogP) is 4.43. The van der Waals surface area contributed by atoms with Gasteiger partial charge >= 0.3 is 0 Å². The molecule has 1 unspecified atom stereocenters. The lowest BCUT2D eigenvalue weighted by atomic mass is 9.69. The Hall–Kier alpha value is -4.10. The quantitative estimate of drug-likeness (QED) is 0.407. The van der Waals surface area contributed by atoms with Crippen LogP contribution in [0.4, 0.5) is 0 Å². The summed E-state index contributed by atoms with van der Waals surface area (Å²) in [4.78, 5) is 27.9. The smallest absolute Gasteiger partial charge is 0.229 e. The maximum absolute atomic E-state index is 14.0. The number of phenols is 1. The van der Waals surface area contributed by atoms with Crippen LogP contribution < -0.4 is 9.47 Å². The number of phenolic OH excluding ortho intramolecular Hbond substituents is 1. The highest BCUT2D eigenvalue weighted by atomic mass is 16.5. The third kappa shape index (κ3) is 4.70. The van der Waals surface area contributed by atoms with Crippen molar-refractivity contribution >= 4 is 22.7 Å². The van der Waals surface area contributed by atoms with E-state index in [0.717, 1.165) is 16.7 Å². The zero-order valence-corrected chi connectivity index (χ0v) is 21.4. The number of hydrogen-bond donors (Lipinski definition) is 2. The number of carbonyl (C=O) groups is 2. The van der Waals surface area contributed by atoms with Gasteiger partial charge < -0.3 is 24.4 Å². The van der Waals surface area contributed by atoms with Crippen molar-refractivity contribution in [1.29, 1.82) is 0 Å². The molecule has 2 N–H and O–H groups in total. The van der Waals surface area contributed by atoms with Crippen LogP contribution in [-0.4, -0.2) is 49.2 Å². The van der Waals surface area contributed by atoms with Gasteiger partial charge in [-0.2, -0.15) is 0 Å². The van der Waals surface area contributed by atoms with Crippen molar-refractivity contribution in [3.05, 3.63) is 88.2 Å². The van der Waals surface area contributed by atoms with Crippen LogP contribution in [0.5, 0.6) is 17.2 Å². The van der Waals surface area contributed by atoms with E-state index in [4.69, 9.17) is 14.2 Å². The second-order valence-corrected chi connectivity index (χ2v) is 9.18. The highest BCUT2D eigenvalue weighted by molar-refractivity contribution is 6.48. The number of rotatable bonds is 8. The molecule has 2 aromatic rings. The number of Topliss-reactive ketones (excluding diaryl/α,β-unsaturated/α-hetero) is 2. The number of carbonyl (C=O) groups excluding carboxylic acids is 2. The number of hydrogen-bond acceptors (Lipinski definition) is 7. The first-order chi connectivity index (χ1) is 17.7. The zero-order chi connectivity index (χ0) is 26.9. The fourth-order valence-corrected chi connectivity index (χ4v) is 4.74. The molecule has 2 aliphatic carbocycles. The fraction of sp³-hybridized carbons (Fsp3) is 0.267. The summed E-state index contributed by atoms with van der Waals surface area (Å²) in [5.74, 6) is -0.175. The second kappa shape index (κ2) is 10.5. The number of methoxy groups -OCH3 is 2. The van der Waals surface area contributed by atoms with Gasteiger partial charge in [0.25, 0.3) is 0 Å². The minimum absolute atomic E-state index is 0.0494. The van der Waals surface area contributed by atoms with Crippen LogP contribution in [0.3, 0.4) is 0 Å². The van der Waals surface area contributed by atoms with Gasteiger partial charge in [-0.15, -0.1) is 0 Å². The van der Waals surface area contributed by atoms with Gasteiger partial charge in [0.05, 0.1) is 26.4 Å². The first-order valence-electron chi connectivity index (χ1n) is 11.9. The van der Waals surface area contributed by atoms with Crippen molar-refractivity contribution in [3.63, 3.8) is 0 Å². The van der Waals surface area contributed by atoms with E-state index < -0.39 is 5.78 Å². The van der Waals surface area contributed by atoms with Crippen LogP contribution in [0, 0.1) is 5.92 Å². The summed E-state index contributed by atoms with van der Waals surface area (Å²) in [5, 5.41) is 18.9. The molecule has 0 saturated carbocycles. The lowest BCUT2D eigenvalue weighted by Gasteiger charge is -2.34. The van der Waals surface area contributed by atoms with Crippen LogP contribution in [0.1, 0.15) is 30.5 Å². The molecular weight excluding hydrogens is 472 g/mol. The Bertz CT molecular complexity index is 1370. The minimum Gasteiger partial charge on any atom is -0.508 e. The van der Waals surface area contributed by atoms with Crippen LogP contribution >= 0.6 is 0 Å². The van der Waals surface area contributed by atoms with Crippen molar-refractivity contribution in [1.82, 2.24) is 0 Å². The number of ether oxygens (including phenoxy) is 3. The maximum Gasteiger partial charge on any atom is 0.229 e. The molecule has 2 aliphatic rings. The average molecular weight is 503 g/mol. The highest BCUT2D eigenvalue weighted by Gasteiger charge is 2.43. The van der Waals surface area contributed by atoms with Crippen LogP contribution in [0.15, 0.2) is 71.5 Å². The number of fused-ring (bicyclic) bond motifs is 2. The Morgan fingerprint density at radius 1 is 1.03 bits per heavy atom. The first-order valence-corrected chi connectivity index (χ1v) is 11.9. The van der Waals surface area contributed by atoms with E-state index in [2.05, 4.69) is 6.58 Å². The van der Waals surface area contributed by atoms with Gasteiger partial charge in [0.15, 0.2) is 23.0 Å². The van der Waals surface area contributed by atoms with Crippen molar-refractivity contribution in [2.45, 2.75) is 20.3 Å². The lowest BCUT2D eigenvalue weighted by molar-refractivity contribution is -0.116. The topological polar surface area (TPSA) is 102 Å². The Balaban J connectivity index is 1.88. The summed E-state index contributed by atoms with van der Waals surface area (Å²) < 4.78 is 17.0. The molecule has 7 nitrogen and oxygen atoms in total. The standard InChI is InChI=1S/C30H30O7/c1-16(2)21-12-19-13-24(37-11-10-17(3)15-31)23(35-4)14-22(19)27-26(21)28(33)25(30(36-5)29(27)34)18-6-8-20(32)9-7-18/h6-10,13-14,21,31-32H,1,11-12,15H2,2-5H3. The molecule has 7 heteroatoms. The highest BCUT2D eigenvalue weighted by Crippen LogP contribution is 2.48. The normalized spacial score (nSPS) is 17.4. The molecule has 1 atom stereocenters. The third-order valence-electron chi connectivity index (χ3n) is 6.71. The third-order valence-corrected chi connectivity index (χ3v) is 6.71. The molecule has 0 bridgehead atoms. The van der Waals surface area contributed by atoms with Gasteiger partial charge in [-0.3, -0.25) is 9.59 Å². The van der Waals surface area contributed by atoms with Crippen molar-refractivity contribution in [3.8, 4) is 17.2 Å². The fourth-order valence-electron chi connectivity index (χ4n) is 4.74. The molecule has 0 heterocycles. The van der Waals surface area contributed by atoms with E-state index >= 15 is 0 Å². The molecular formula is C30H30O7. The molecule has 0 amide bonds. The van der Waals surface area contributed by atoms with Gasteiger partial charge in [0.2, 0.25) is 5.78 Å². The number of aromatic hydroxyl groups is 1. The number of aliphatic hydroxyl groups is 1. The van der Waals surface area contributed by atoms with Crippen LogP contribution in [-0.2, 0) is 20.7 Å². The SMILES string of the molecule is C=C(C)C1Cc2cc(OCC=C(C)CO)c(OC)cc2C2=C1C(=O)C(c1ccc(O)cc1)=C(OC)C2=O. The molecule has 0 aliphatic heterocycles. The number of allylic oxidation sites excluding steroid dienone is 4. The van der Waals surface area contributed by atoms with Crippen LogP contribution in [0.25, 0.3) is 11.1 Å². The summed E-state index contributed by atoms with van der Waals surface area (Å²) >= 11 is 0. The van der Waals surface area contributed by atoms with E-state index in [-0.39, 0.29) is 47.6 Å². The Labute approximate surface area is 216 Å². The summed E-state index contributed by atoms with van der Waals surface area (Å²) in [6, 6.07) is 9.67. The molecule has 0 aromatic heterocycles. The monoisotopic (exact) mass is 502 g/mol. The van der Waals surface area contributed by atoms with Gasteiger partial charge in [0.1, 0.15) is 12.4 Å². The van der Waals surface area contributed by atoms with Crippen molar-refractivity contribution < 1.29 is 34.0 Å². The number of aliphatic hydroxyl groups excluding tert-OH is 1. The second-order valence-electron chi connectivity index (χ2n) is 9.18. The van der Waals surface area contributed by atoms with E-state index in [1.807, 2.05) is 13.0 Å². The average Bonchev–Trinajstić information content (AvgIpc) is 2.89. The molecule has 192 valence electrons. The molecule has 2 aromatic carbocycles. The van der Waals surface area contributed by atoms with E-state index in [1.165, 1.54) is 26.4 Å². The Kier molecular flexibility index (Phi) is 7.36. The van der Waals surface area contributed by atoms with E-state index in [1.54, 1.807) is 31.2 Å². The number of benzene rings is 2. The van der Waals surface area contributed by atoms with Crippen LogP contribution in [0.2, 0.25) is 0 Å². The van der Waals surface area contributed by atoms with E-state index in [9.17, 15) is 19.8 Å². The Morgan fingerprint density at radius 2 is 1.73 bits per heavy atom. The summed E-state index contributed by atoms with van der Waals surface area (Å²) in [6.07, 6.45) is 2.24. The first kappa shape index (κ1) is 26.0. The molecule has 37 heavy (non-hydrogen) atoms. The maximum atomic E-state index is 14.0. The predicted molar refractivity (Wildman–Crippen MR) is 140 cm³/mol. The molecule has 0 spiro atoms. The lowest BCUT2D eigenvalue weighted by Crippen LogP contribution is -2.32. The van der Waals surface area contributed by atoms with Gasteiger partial charge in [-0.05, 0) is 72.9 Å². The minimum atomic E-state index is -0.399. The zero-order valence-electron chi connectivity index (χ0n) is 21.4.